The molecule has 0 atom stereocenters. The first-order chi connectivity index (χ1) is 15.0. The van der Waals surface area contributed by atoms with E-state index in [-0.39, 0.29) is 5.91 Å². The monoisotopic (exact) mass is 429 g/mol. The predicted molar refractivity (Wildman–Crippen MR) is 124 cm³/mol. The lowest BCUT2D eigenvalue weighted by Gasteiger charge is -2.15. The minimum atomic E-state index is -0.110. The van der Waals surface area contributed by atoms with Crippen molar-refractivity contribution in [1.82, 2.24) is 19.7 Å². The van der Waals surface area contributed by atoms with Crippen molar-refractivity contribution in [3.63, 3.8) is 0 Å². The van der Waals surface area contributed by atoms with Crippen molar-refractivity contribution in [2.24, 2.45) is 0 Å². The second-order valence-electron chi connectivity index (χ2n) is 7.74. The molecule has 0 saturated heterocycles. The molecule has 1 aliphatic rings. The Morgan fingerprint density at radius 3 is 2.74 bits per heavy atom. The number of carbonyl (C=O) groups is 1. The van der Waals surface area contributed by atoms with Gasteiger partial charge in [-0.25, -0.2) is 9.67 Å². The van der Waals surface area contributed by atoms with Crippen LogP contribution in [0, 0.1) is 6.92 Å². The molecule has 0 saturated carbocycles. The molecule has 1 aromatic carbocycles. The summed E-state index contributed by atoms with van der Waals surface area (Å²) in [5.41, 5.74) is 8.55. The zero-order valence-corrected chi connectivity index (χ0v) is 18.6. The summed E-state index contributed by atoms with van der Waals surface area (Å²) in [5, 5.41) is 8.57. The van der Waals surface area contributed by atoms with E-state index in [1.807, 2.05) is 23.0 Å². The van der Waals surface area contributed by atoms with Crippen LogP contribution in [0.4, 0.5) is 5.13 Å². The van der Waals surface area contributed by atoms with Gasteiger partial charge >= 0.3 is 0 Å². The molecule has 31 heavy (non-hydrogen) atoms. The van der Waals surface area contributed by atoms with Gasteiger partial charge in [-0.3, -0.25) is 9.78 Å². The van der Waals surface area contributed by atoms with Crippen molar-refractivity contribution in [2.75, 3.05) is 5.32 Å². The molecule has 3 heterocycles. The highest BCUT2D eigenvalue weighted by molar-refractivity contribution is 7.19. The fraction of sp³-hybridized carbons (Fsp3) is 0.250. The van der Waals surface area contributed by atoms with E-state index in [1.54, 1.807) is 0 Å². The quantitative estimate of drug-likeness (QED) is 0.496. The third kappa shape index (κ3) is 3.45. The molecule has 0 bridgehead atoms. The van der Waals surface area contributed by atoms with Crippen LogP contribution in [0.5, 0.6) is 0 Å². The Kier molecular flexibility index (Phi) is 4.90. The zero-order chi connectivity index (χ0) is 21.5. The van der Waals surface area contributed by atoms with Gasteiger partial charge in [-0.05, 0) is 49.9 Å². The normalized spacial score (nSPS) is 12.4. The predicted octanol–water partition coefficient (Wildman–Crippen LogP) is 4.99. The second kappa shape index (κ2) is 7.74. The number of para-hydroxylation sites is 1. The van der Waals surface area contributed by atoms with Gasteiger partial charge in [0.15, 0.2) is 5.13 Å². The number of amides is 1. The molecular formula is C24H23N5OS. The van der Waals surface area contributed by atoms with Crippen molar-refractivity contribution in [3.8, 4) is 27.5 Å². The molecule has 6 nitrogen and oxygen atoms in total. The SMILES string of the molecule is CCc1ccc(-c2nn(-c3ccccc3C)c3c2CCc2nc(NC(C)=O)sc2-3)cn1. The molecule has 0 radical (unpaired) electrons. The topological polar surface area (TPSA) is 72.7 Å². The van der Waals surface area contributed by atoms with E-state index >= 15 is 0 Å². The maximum Gasteiger partial charge on any atom is 0.223 e. The Labute approximate surface area is 185 Å². The van der Waals surface area contributed by atoms with Crippen LogP contribution < -0.4 is 5.32 Å². The van der Waals surface area contributed by atoms with Gasteiger partial charge in [-0.1, -0.05) is 36.5 Å². The Bertz CT molecular complexity index is 1290. The van der Waals surface area contributed by atoms with Crippen molar-refractivity contribution in [2.45, 2.75) is 40.0 Å². The summed E-state index contributed by atoms with van der Waals surface area (Å²) in [5.74, 6) is -0.110. The summed E-state index contributed by atoms with van der Waals surface area (Å²) in [7, 11) is 0. The third-order valence-electron chi connectivity index (χ3n) is 5.59. The van der Waals surface area contributed by atoms with E-state index < -0.39 is 0 Å². The van der Waals surface area contributed by atoms with E-state index in [1.165, 1.54) is 23.8 Å². The van der Waals surface area contributed by atoms with Gasteiger partial charge in [0, 0.05) is 29.9 Å². The lowest BCUT2D eigenvalue weighted by atomic mass is 9.95. The fourth-order valence-electron chi connectivity index (χ4n) is 4.06. The van der Waals surface area contributed by atoms with E-state index in [0.29, 0.717) is 5.13 Å². The van der Waals surface area contributed by atoms with Crippen LogP contribution in [0.1, 0.15) is 36.4 Å². The Hall–Kier alpha value is -3.32. The van der Waals surface area contributed by atoms with E-state index in [0.717, 1.165) is 63.7 Å². The molecule has 156 valence electrons. The highest BCUT2D eigenvalue weighted by Gasteiger charge is 2.30. The number of thiazole rings is 1. The first-order valence-corrected chi connectivity index (χ1v) is 11.3. The molecule has 1 aliphatic carbocycles. The number of aromatic nitrogens is 4. The Balaban J connectivity index is 1.73. The molecule has 1 N–H and O–H groups in total. The summed E-state index contributed by atoms with van der Waals surface area (Å²) in [4.78, 5) is 21.9. The van der Waals surface area contributed by atoms with E-state index in [4.69, 9.17) is 5.10 Å². The van der Waals surface area contributed by atoms with Crippen molar-refractivity contribution >= 4 is 22.4 Å². The fourth-order valence-corrected chi connectivity index (χ4v) is 5.17. The number of pyridine rings is 1. The first-order valence-electron chi connectivity index (χ1n) is 10.5. The van der Waals surface area contributed by atoms with Gasteiger partial charge in [-0.2, -0.15) is 5.10 Å². The number of hydrogen-bond acceptors (Lipinski definition) is 5. The highest BCUT2D eigenvalue weighted by atomic mass is 32.1. The molecule has 5 rings (SSSR count). The number of aryl methyl sites for hydroxylation is 3. The molecule has 0 fully saturated rings. The van der Waals surface area contributed by atoms with Gasteiger partial charge in [0.25, 0.3) is 0 Å². The van der Waals surface area contributed by atoms with Crippen LogP contribution >= 0.6 is 11.3 Å². The van der Waals surface area contributed by atoms with Crippen LogP contribution in [0.15, 0.2) is 42.6 Å². The van der Waals surface area contributed by atoms with Gasteiger partial charge in [0.1, 0.15) is 0 Å². The molecule has 4 aromatic rings. The molecule has 0 spiro atoms. The lowest BCUT2D eigenvalue weighted by Crippen LogP contribution is -2.07. The number of rotatable bonds is 4. The van der Waals surface area contributed by atoms with Gasteiger partial charge in [-0.15, -0.1) is 0 Å². The Morgan fingerprint density at radius 2 is 2.03 bits per heavy atom. The van der Waals surface area contributed by atoms with Gasteiger partial charge in [0.05, 0.1) is 27.6 Å². The summed E-state index contributed by atoms with van der Waals surface area (Å²) in [6, 6.07) is 12.4. The van der Waals surface area contributed by atoms with Crippen molar-refractivity contribution in [1.29, 1.82) is 0 Å². The smallest absolute Gasteiger partial charge is 0.223 e. The van der Waals surface area contributed by atoms with Crippen LogP contribution in [-0.2, 0) is 24.1 Å². The minimum Gasteiger partial charge on any atom is -0.302 e. The summed E-state index contributed by atoms with van der Waals surface area (Å²) < 4.78 is 2.04. The van der Waals surface area contributed by atoms with Crippen molar-refractivity contribution in [3.05, 3.63) is 65.1 Å². The lowest BCUT2D eigenvalue weighted by molar-refractivity contribution is -0.114. The average Bonchev–Trinajstić information content (AvgIpc) is 3.34. The summed E-state index contributed by atoms with van der Waals surface area (Å²) in [6.45, 7) is 5.71. The zero-order valence-electron chi connectivity index (χ0n) is 17.8. The number of nitrogens with zero attached hydrogens (tertiary/aromatic N) is 4. The van der Waals surface area contributed by atoms with E-state index in [2.05, 4.69) is 53.4 Å². The number of nitrogens with one attached hydrogen (secondary N) is 1. The van der Waals surface area contributed by atoms with Gasteiger partial charge < -0.3 is 5.32 Å². The maximum atomic E-state index is 11.6. The number of carbonyl (C=O) groups excluding carboxylic acids is 1. The van der Waals surface area contributed by atoms with Gasteiger partial charge in [0.2, 0.25) is 5.91 Å². The number of hydrogen-bond donors (Lipinski definition) is 1. The summed E-state index contributed by atoms with van der Waals surface area (Å²) in [6.07, 6.45) is 4.51. The van der Waals surface area contributed by atoms with Crippen LogP contribution in [0.3, 0.4) is 0 Å². The molecular weight excluding hydrogens is 406 g/mol. The molecule has 0 unspecified atom stereocenters. The average molecular weight is 430 g/mol. The number of anilines is 1. The molecule has 3 aromatic heterocycles. The molecule has 1 amide bonds. The number of fused-ring (bicyclic) bond motifs is 3. The van der Waals surface area contributed by atoms with Crippen LogP contribution in [-0.4, -0.2) is 25.7 Å². The standard InChI is InChI=1S/C24H23N5OS/c1-4-17-10-9-16(13-25-17)21-18-11-12-19-23(31-24(27-19)26-15(3)30)22(18)29(28-21)20-8-6-5-7-14(20)2/h5-10,13H,4,11-12H2,1-3H3,(H,26,27,30). The molecule has 7 heteroatoms. The highest BCUT2D eigenvalue weighted by Crippen LogP contribution is 2.44. The second-order valence-corrected chi connectivity index (χ2v) is 8.74. The maximum absolute atomic E-state index is 11.6. The van der Waals surface area contributed by atoms with Crippen molar-refractivity contribution < 1.29 is 4.79 Å². The van der Waals surface area contributed by atoms with E-state index in [9.17, 15) is 4.79 Å². The summed E-state index contributed by atoms with van der Waals surface area (Å²) >= 11 is 1.52. The Morgan fingerprint density at radius 1 is 1.19 bits per heavy atom. The minimum absolute atomic E-state index is 0.110. The van der Waals surface area contributed by atoms with Crippen LogP contribution in [0.25, 0.3) is 27.5 Å². The van der Waals surface area contributed by atoms with Crippen LogP contribution in [0.2, 0.25) is 0 Å². The third-order valence-corrected chi connectivity index (χ3v) is 6.61. The molecule has 0 aliphatic heterocycles. The number of benzene rings is 1. The first kappa shape index (κ1) is 19.6. The largest absolute Gasteiger partial charge is 0.302 e.